The predicted molar refractivity (Wildman–Crippen MR) is 86.9 cm³/mol. The van der Waals surface area contributed by atoms with E-state index in [-0.39, 0.29) is 11.1 Å². The first-order valence-electron chi connectivity index (χ1n) is 7.99. The highest BCUT2D eigenvalue weighted by molar-refractivity contribution is 5.32. The molecule has 0 aromatic carbocycles. The molecule has 1 fully saturated rings. The van der Waals surface area contributed by atoms with Gasteiger partial charge in [-0.25, -0.2) is 4.98 Å². The molecule has 1 saturated heterocycles. The summed E-state index contributed by atoms with van der Waals surface area (Å²) in [6.07, 6.45) is 6.82. The van der Waals surface area contributed by atoms with Crippen LogP contribution in [0.2, 0.25) is 0 Å². The summed E-state index contributed by atoms with van der Waals surface area (Å²) in [5.41, 5.74) is -0.248. The average molecular weight is 292 g/mol. The summed E-state index contributed by atoms with van der Waals surface area (Å²) in [5, 5.41) is 3.35. The molecular weight excluding hydrogens is 264 g/mol. The van der Waals surface area contributed by atoms with Gasteiger partial charge in [0.05, 0.1) is 0 Å². The lowest BCUT2D eigenvalue weighted by atomic mass is 10.0. The van der Waals surface area contributed by atoms with Gasteiger partial charge in [0.25, 0.3) is 5.56 Å². The Morgan fingerprint density at radius 1 is 1.33 bits per heavy atom. The van der Waals surface area contributed by atoms with Crippen LogP contribution < -0.4 is 10.9 Å². The molecule has 1 N–H and O–H groups in total. The Bertz CT molecular complexity index is 510. The molecule has 2 rings (SSSR count). The number of anilines is 1. The SMILES string of the molecule is CCCN1CCC(Nc2nccn(C(C)(C)C)c2=O)CC1. The molecule has 0 unspecified atom stereocenters. The molecule has 1 aliphatic heterocycles. The molecule has 5 nitrogen and oxygen atoms in total. The fourth-order valence-electron chi connectivity index (χ4n) is 2.85. The van der Waals surface area contributed by atoms with Gasteiger partial charge in [0.2, 0.25) is 0 Å². The van der Waals surface area contributed by atoms with Gasteiger partial charge in [-0.05, 0) is 46.6 Å². The minimum Gasteiger partial charge on any atom is -0.363 e. The summed E-state index contributed by atoms with van der Waals surface area (Å²) < 4.78 is 1.74. The summed E-state index contributed by atoms with van der Waals surface area (Å²) in [5.74, 6) is 0.487. The molecule has 0 aliphatic carbocycles. The highest BCUT2D eigenvalue weighted by atomic mass is 16.1. The third kappa shape index (κ3) is 4.06. The van der Waals surface area contributed by atoms with E-state index in [9.17, 15) is 4.79 Å². The molecule has 0 saturated carbocycles. The first-order valence-corrected chi connectivity index (χ1v) is 7.99. The summed E-state index contributed by atoms with van der Waals surface area (Å²) in [7, 11) is 0. The number of nitrogens with zero attached hydrogens (tertiary/aromatic N) is 3. The van der Waals surface area contributed by atoms with Gasteiger partial charge in [-0.3, -0.25) is 4.79 Å². The van der Waals surface area contributed by atoms with Crippen LogP contribution in [0.15, 0.2) is 17.2 Å². The Morgan fingerprint density at radius 2 is 2.00 bits per heavy atom. The summed E-state index contributed by atoms with van der Waals surface area (Å²) in [6.45, 7) is 11.7. The molecule has 0 spiro atoms. The van der Waals surface area contributed by atoms with E-state index in [1.165, 1.54) is 13.0 Å². The maximum absolute atomic E-state index is 12.5. The quantitative estimate of drug-likeness (QED) is 0.925. The molecule has 0 amide bonds. The number of piperidine rings is 1. The molecule has 1 aliphatic rings. The molecule has 1 aromatic heterocycles. The summed E-state index contributed by atoms with van der Waals surface area (Å²) >= 11 is 0. The first kappa shape index (κ1) is 16.0. The normalized spacial score (nSPS) is 17.9. The van der Waals surface area contributed by atoms with Crippen molar-refractivity contribution >= 4 is 5.82 Å². The minimum absolute atomic E-state index is 0.0269. The standard InChI is InChI=1S/C16H28N4O/c1-5-9-19-10-6-13(7-11-19)18-14-15(21)20(12-8-17-14)16(2,3)4/h8,12-13H,5-7,9-11H2,1-4H3,(H,17,18). The van der Waals surface area contributed by atoms with Crippen LogP contribution >= 0.6 is 0 Å². The third-order valence-electron chi connectivity index (χ3n) is 4.03. The maximum Gasteiger partial charge on any atom is 0.293 e. The highest BCUT2D eigenvalue weighted by Crippen LogP contribution is 2.15. The largest absolute Gasteiger partial charge is 0.363 e. The zero-order valence-electron chi connectivity index (χ0n) is 13.7. The van der Waals surface area contributed by atoms with Crippen molar-refractivity contribution in [1.82, 2.24) is 14.5 Å². The van der Waals surface area contributed by atoms with E-state index in [1.807, 2.05) is 20.8 Å². The molecule has 21 heavy (non-hydrogen) atoms. The number of likely N-dealkylation sites (tertiary alicyclic amines) is 1. The summed E-state index contributed by atoms with van der Waals surface area (Å²) in [6, 6.07) is 0.356. The van der Waals surface area contributed by atoms with Gasteiger partial charge in [-0.1, -0.05) is 6.92 Å². The van der Waals surface area contributed by atoms with Crippen molar-refractivity contribution in [3.05, 3.63) is 22.7 Å². The van der Waals surface area contributed by atoms with E-state index in [4.69, 9.17) is 0 Å². The van der Waals surface area contributed by atoms with Crippen LogP contribution in [0.1, 0.15) is 47.0 Å². The van der Waals surface area contributed by atoms with Crippen molar-refractivity contribution in [3.8, 4) is 0 Å². The second-order valence-corrected chi connectivity index (χ2v) is 6.88. The lowest BCUT2D eigenvalue weighted by Crippen LogP contribution is -2.41. The molecule has 2 heterocycles. The second kappa shape index (κ2) is 6.60. The van der Waals surface area contributed by atoms with Crippen LogP contribution in [-0.4, -0.2) is 40.1 Å². The van der Waals surface area contributed by atoms with Gasteiger partial charge < -0.3 is 14.8 Å². The van der Waals surface area contributed by atoms with Gasteiger partial charge in [-0.15, -0.1) is 0 Å². The van der Waals surface area contributed by atoms with Gasteiger partial charge in [0.15, 0.2) is 5.82 Å². The predicted octanol–water partition coefficient (Wildman–Crippen LogP) is 2.28. The minimum atomic E-state index is -0.221. The van der Waals surface area contributed by atoms with Gasteiger partial charge in [-0.2, -0.15) is 0 Å². The zero-order valence-corrected chi connectivity index (χ0v) is 13.7. The van der Waals surface area contributed by atoms with Crippen molar-refractivity contribution in [2.24, 2.45) is 0 Å². The number of rotatable bonds is 4. The number of hydrogen-bond donors (Lipinski definition) is 1. The maximum atomic E-state index is 12.5. The smallest absolute Gasteiger partial charge is 0.293 e. The van der Waals surface area contributed by atoms with Gasteiger partial charge in [0, 0.05) is 37.1 Å². The van der Waals surface area contributed by atoms with Crippen molar-refractivity contribution in [3.63, 3.8) is 0 Å². The molecule has 0 radical (unpaired) electrons. The van der Waals surface area contributed by atoms with E-state index < -0.39 is 0 Å². The van der Waals surface area contributed by atoms with E-state index in [1.54, 1.807) is 17.0 Å². The molecule has 0 atom stereocenters. The number of nitrogens with one attached hydrogen (secondary N) is 1. The molecular formula is C16H28N4O. The van der Waals surface area contributed by atoms with E-state index in [2.05, 4.69) is 22.1 Å². The van der Waals surface area contributed by atoms with Crippen molar-refractivity contribution in [2.75, 3.05) is 25.0 Å². The van der Waals surface area contributed by atoms with Crippen LogP contribution in [0.25, 0.3) is 0 Å². The highest BCUT2D eigenvalue weighted by Gasteiger charge is 2.21. The van der Waals surface area contributed by atoms with E-state index in [0.29, 0.717) is 11.9 Å². The van der Waals surface area contributed by atoms with Crippen LogP contribution in [0.3, 0.4) is 0 Å². The monoisotopic (exact) mass is 292 g/mol. The summed E-state index contributed by atoms with van der Waals surface area (Å²) in [4.78, 5) is 19.2. The second-order valence-electron chi connectivity index (χ2n) is 6.88. The Kier molecular flexibility index (Phi) is 5.04. The van der Waals surface area contributed by atoms with Crippen molar-refractivity contribution in [2.45, 2.75) is 58.5 Å². The average Bonchev–Trinajstić information content (AvgIpc) is 2.42. The first-order chi connectivity index (χ1) is 9.91. The topological polar surface area (TPSA) is 50.2 Å². The van der Waals surface area contributed by atoms with Crippen LogP contribution in [0.5, 0.6) is 0 Å². The van der Waals surface area contributed by atoms with Gasteiger partial charge in [0.1, 0.15) is 0 Å². The van der Waals surface area contributed by atoms with Crippen LogP contribution in [0, 0.1) is 0 Å². The molecule has 118 valence electrons. The Hall–Kier alpha value is -1.36. The lowest BCUT2D eigenvalue weighted by molar-refractivity contribution is 0.219. The fourth-order valence-corrected chi connectivity index (χ4v) is 2.85. The Morgan fingerprint density at radius 3 is 2.57 bits per heavy atom. The number of aromatic nitrogens is 2. The van der Waals surface area contributed by atoms with Crippen LogP contribution in [0.4, 0.5) is 5.82 Å². The zero-order chi connectivity index (χ0) is 15.5. The van der Waals surface area contributed by atoms with E-state index in [0.717, 1.165) is 25.9 Å². The van der Waals surface area contributed by atoms with Crippen molar-refractivity contribution < 1.29 is 0 Å². The Labute approximate surface area is 127 Å². The van der Waals surface area contributed by atoms with Crippen molar-refractivity contribution in [1.29, 1.82) is 0 Å². The van der Waals surface area contributed by atoms with Gasteiger partial charge >= 0.3 is 0 Å². The molecule has 1 aromatic rings. The van der Waals surface area contributed by atoms with Crippen LogP contribution in [-0.2, 0) is 5.54 Å². The third-order valence-corrected chi connectivity index (χ3v) is 4.03. The molecule has 5 heteroatoms. The molecule has 0 bridgehead atoms. The van der Waals surface area contributed by atoms with E-state index >= 15 is 0 Å². The fraction of sp³-hybridized carbons (Fsp3) is 0.750. The number of hydrogen-bond acceptors (Lipinski definition) is 4. The Balaban J connectivity index is 2.03. The lowest BCUT2D eigenvalue weighted by Gasteiger charge is -2.32.